The Morgan fingerprint density at radius 3 is 2.58 bits per heavy atom. The molecule has 1 aromatic heterocycles. The van der Waals surface area contributed by atoms with Crippen LogP contribution in [0.2, 0.25) is 0 Å². The number of ether oxygens (including phenoxy) is 1. The van der Waals surface area contributed by atoms with Crippen LogP contribution in [0.4, 0.5) is 11.4 Å². The summed E-state index contributed by atoms with van der Waals surface area (Å²) >= 11 is 0. The van der Waals surface area contributed by atoms with Crippen LogP contribution in [-0.2, 0) is 24.0 Å². The summed E-state index contributed by atoms with van der Waals surface area (Å²) in [5.41, 5.74) is 6.29. The van der Waals surface area contributed by atoms with Crippen LogP contribution in [0.25, 0.3) is 0 Å². The van der Waals surface area contributed by atoms with Gasteiger partial charge >= 0.3 is 0 Å². The smallest absolute Gasteiger partial charge is 0.267 e. The molecule has 0 spiro atoms. The molecule has 2 N–H and O–H groups in total. The molecule has 1 amide bonds. The van der Waals surface area contributed by atoms with Crippen molar-refractivity contribution < 1.29 is 9.53 Å². The summed E-state index contributed by atoms with van der Waals surface area (Å²) in [6.07, 6.45) is 4.42. The topological polar surface area (TPSA) is 87.3 Å². The SMILES string of the molecule is O=C(Nc1ccc(N2CCOCC2)cc1)c1cccc(Cc2n[nH]c(=O)c3c2CCCC3)c1. The number of carbonyl (C=O) groups is 1. The molecule has 170 valence electrons. The molecule has 7 heteroatoms. The number of morpholine rings is 1. The summed E-state index contributed by atoms with van der Waals surface area (Å²) in [5, 5.41) is 9.97. The second-order valence-corrected chi connectivity index (χ2v) is 8.64. The third kappa shape index (κ3) is 4.83. The minimum absolute atomic E-state index is 0.0683. The molecule has 0 unspecified atom stereocenters. The second kappa shape index (κ2) is 9.58. The molecular formula is C26H28N4O3. The second-order valence-electron chi connectivity index (χ2n) is 8.64. The fraction of sp³-hybridized carbons (Fsp3) is 0.346. The minimum Gasteiger partial charge on any atom is -0.378 e. The van der Waals surface area contributed by atoms with Gasteiger partial charge in [0, 0.05) is 42.0 Å². The number of carbonyl (C=O) groups excluding carboxylic acids is 1. The highest BCUT2D eigenvalue weighted by atomic mass is 16.5. The minimum atomic E-state index is -0.146. The number of aromatic nitrogens is 2. The molecule has 1 saturated heterocycles. The van der Waals surface area contributed by atoms with E-state index >= 15 is 0 Å². The van der Waals surface area contributed by atoms with Gasteiger partial charge in [0.05, 0.1) is 18.9 Å². The first kappa shape index (κ1) is 21.4. The van der Waals surface area contributed by atoms with E-state index in [1.807, 2.05) is 48.5 Å². The Hall–Kier alpha value is -3.45. The lowest BCUT2D eigenvalue weighted by molar-refractivity contribution is 0.102. The largest absolute Gasteiger partial charge is 0.378 e. The summed E-state index contributed by atoms with van der Waals surface area (Å²) in [6, 6.07) is 15.5. The molecule has 2 aliphatic rings. The molecule has 2 aromatic carbocycles. The zero-order chi connectivity index (χ0) is 22.6. The summed E-state index contributed by atoms with van der Waals surface area (Å²) in [5.74, 6) is -0.146. The standard InChI is InChI=1S/C26H28N4O3/c31-25(27-20-8-10-21(11-9-20)30-12-14-33-15-13-30)19-5-3-4-18(16-19)17-24-22-6-1-2-7-23(22)26(32)29-28-24/h3-5,8-11,16H,1-2,6-7,12-15,17H2,(H,27,31)(H,29,32). The van der Waals surface area contributed by atoms with Crippen molar-refractivity contribution in [2.75, 3.05) is 36.5 Å². The van der Waals surface area contributed by atoms with Crippen molar-refractivity contribution >= 4 is 17.3 Å². The number of benzene rings is 2. The molecular weight excluding hydrogens is 416 g/mol. The van der Waals surface area contributed by atoms with Crippen LogP contribution in [0.1, 0.15) is 45.6 Å². The van der Waals surface area contributed by atoms with Crippen molar-refractivity contribution in [2.45, 2.75) is 32.1 Å². The first-order chi connectivity index (χ1) is 16.2. The molecule has 0 saturated carbocycles. The molecule has 3 aromatic rings. The average molecular weight is 445 g/mol. The lowest BCUT2D eigenvalue weighted by Gasteiger charge is -2.28. The van der Waals surface area contributed by atoms with Crippen LogP contribution in [-0.4, -0.2) is 42.4 Å². The Balaban J connectivity index is 1.28. The average Bonchev–Trinajstić information content (AvgIpc) is 2.87. The maximum atomic E-state index is 12.9. The highest BCUT2D eigenvalue weighted by Crippen LogP contribution is 2.23. The van der Waals surface area contributed by atoms with E-state index in [-0.39, 0.29) is 11.5 Å². The summed E-state index contributed by atoms with van der Waals surface area (Å²) in [6.45, 7) is 3.25. The number of amides is 1. The van der Waals surface area contributed by atoms with E-state index in [0.717, 1.165) is 85.7 Å². The van der Waals surface area contributed by atoms with Crippen LogP contribution in [0.15, 0.2) is 53.3 Å². The highest BCUT2D eigenvalue weighted by molar-refractivity contribution is 6.04. The van der Waals surface area contributed by atoms with E-state index < -0.39 is 0 Å². The van der Waals surface area contributed by atoms with Crippen molar-refractivity contribution in [1.29, 1.82) is 0 Å². The molecule has 5 rings (SSSR count). The van der Waals surface area contributed by atoms with E-state index in [2.05, 4.69) is 20.4 Å². The number of hydrogen-bond donors (Lipinski definition) is 2. The number of anilines is 2. The first-order valence-electron chi connectivity index (χ1n) is 11.6. The molecule has 1 fully saturated rings. The molecule has 33 heavy (non-hydrogen) atoms. The van der Waals surface area contributed by atoms with Gasteiger partial charge < -0.3 is 15.0 Å². The Kier molecular flexibility index (Phi) is 6.21. The predicted octanol–water partition coefficient (Wildman–Crippen LogP) is 3.33. The maximum absolute atomic E-state index is 12.9. The molecule has 2 heterocycles. The Labute approximate surface area is 192 Å². The van der Waals surface area contributed by atoms with Gasteiger partial charge in [-0.15, -0.1) is 0 Å². The lowest BCUT2D eigenvalue weighted by atomic mass is 9.90. The van der Waals surface area contributed by atoms with Crippen LogP contribution in [0.5, 0.6) is 0 Å². The van der Waals surface area contributed by atoms with Gasteiger partial charge in [0.2, 0.25) is 0 Å². The molecule has 0 radical (unpaired) electrons. The van der Waals surface area contributed by atoms with Crippen molar-refractivity contribution in [3.63, 3.8) is 0 Å². The predicted molar refractivity (Wildman–Crippen MR) is 128 cm³/mol. The molecule has 0 bridgehead atoms. The fourth-order valence-corrected chi connectivity index (χ4v) is 4.67. The van der Waals surface area contributed by atoms with E-state index in [1.54, 1.807) is 0 Å². The molecule has 1 aliphatic heterocycles. The number of rotatable bonds is 5. The quantitative estimate of drug-likeness (QED) is 0.630. The Morgan fingerprint density at radius 1 is 1.03 bits per heavy atom. The van der Waals surface area contributed by atoms with E-state index in [9.17, 15) is 9.59 Å². The van der Waals surface area contributed by atoms with Gasteiger partial charge in [-0.05, 0) is 73.2 Å². The number of nitrogens with zero attached hydrogens (tertiary/aromatic N) is 2. The normalized spacial score (nSPS) is 15.7. The fourth-order valence-electron chi connectivity index (χ4n) is 4.67. The Bertz CT molecular complexity index is 1200. The zero-order valence-corrected chi connectivity index (χ0v) is 18.6. The van der Waals surface area contributed by atoms with Crippen molar-refractivity contribution in [3.05, 3.63) is 86.8 Å². The number of nitrogens with one attached hydrogen (secondary N) is 2. The van der Waals surface area contributed by atoms with Gasteiger partial charge in [0.25, 0.3) is 11.5 Å². The summed E-state index contributed by atoms with van der Waals surface area (Å²) < 4.78 is 5.41. The van der Waals surface area contributed by atoms with E-state index in [0.29, 0.717) is 12.0 Å². The third-order valence-electron chi connectivity index (χ3n) is 6.44. The van der Waals surface area contributed by atoms with Crippen LogP contribution in [0, 0.1) is 0 Å². The maximum Gasteiger partial charge on any atom is 0.267 e. The summed E-state index contributed by atoms with van der Waals surface area (Å²) in [4.78, 5) is 27.3. The molecule has 7 nitrogen and oxygen atoms in total. The Morgan fingerprint density at radius 2 is 1.79 bits per heavy atom. The van der Waals surface area contributed by atoms with Gasteiger partial charge in [0.15, 0.2) is 0 Å². The number of fused-ring (bicyclic) bond motifs is 1. The highest BCUT2D eigenvalue weighted by Gasteiger charge is 2.18. The third-order valence-corrected chi connectivity index (χ3v) is 6.44. The van der Waals surface area contributed by atoms with Gasteiger partial charge in [-0.1, -0.05) is 12.1 Å². The summed E-state index contributed by atoms with van der Waals surface area (Å²) in [7, 11) is 0. The molecule has 1 aliphatic carbocycles. The van der Waals surface area contributed by atoms with E-state index in [1.165, 1.54) is 0 Å². The van der Waals surface area contributed by atoms with Crippen molar-refractivity contribution in [3.8, 4) is 0 Å². The number of hydrogen-bond acceptors (Lipinski definition) is 5. The van der Waals surface area contributed by atoms with Gasteiger partial charge in [-0.2, -0.15) is 5.10 Å². The lowest BCUT2D eigenvalue weighted by Crippen LogP contribution is -2.36. The van der Waals surface area contributed by atoms with Crippen LogP contribution in [0.3, 0.4) is 0 Å². The van der Waals surface area contributed by atoms with E-state index in [4.69, 9.17) is 4.74 Å². The van der Waals surface area contributed by atoms with Crippen molar-refractivity contribution in [1.82, 2.24) is 10.2 Å². The monoisotopic (exact) mass is 444 g/mol. The van der Waals surface area contributed by atoms with Gasteiger partial charge in [0.1, 0.15) is 0 Å². The van der Waals surface area contributed by atoms with Gasteiger partial charge in [-0.3, -0.25) is 9.59 Å². The first-order valence-corrected chi connectivity index (χ1v) is 11.6. The zero-order valence-electron chi connectivity index (χ0n) is 18.6. The van der Waals surface area contributed by atoms with Crippen LogP contribution < -0.4 is 15.8 Å². The number of H-pyrrole nitrogens is 1. The van der Waals surface area contributed by atoms with Gasteiger partial charge in [-0.25, -0.2) is 5.10 Å². The van der Waals surface area contributed by atoms with Crippen molar-refractivity contribution in [2.24, 2.45) is 0 Å². The molecule has 0 atom stereocenters. The number of aromatic amines is 1. The van der Waals surface area contributed by atoms with Crippen LogP contribution >= 0.6 is 0 Å².